The number of anilines is 1. The van der Waals surface area contributed by atoms with Gasteiger partial charge in [0.15, 0.2) is 23.3 Å². The molecule has 1 N–H and O–H groups in total. The van der Waals surface area contributed by atoms with Crippen LogP contribution in [0.2, 0.25) is 0 Å². The van der Waals surface area contributed by atoms with Gasteiger partial charge in [0.2, 0.25) is 11.7 Å². The van der Waals surface area contributed by atoms with Crippen molar-refractivity contribution in [3.63, 3.8) is 0 Å². The van der Waals surface area contributed by atoms with Gasteiger partial charge in [-0.2, -0.15) is 5.10 Å². The van der Waals surface area contributed by atoms with Crippen LogP contribution in [0.5, 0.6) is 0 Å². The highest BCUT2D eigenvalue weighted by Gasteiger charge is 2.28. The second kappa shape index (κ2) is 6.03. The van der Waals surface area contributed by atoms with E-state index in [2.05, 4.69) is 21.0 Å². The fraction of sp³-hybridized carbons (Fsp3) is 0.167. The van der Waals surface area contributed by atoms with Gasteiger partial charge in [-0.05, 0) is 22.9 Å². The Hall–Kier alpha value is -1.97. The average molecular weight is 384 g/mol. The minimum Gasteiger partial charge on any atom is -0.319 e. The van der Waals surface area contributed by atoms with E-state index in [1.165, 1.54) is 19.3 Å². The van der Waals surface area contributed by atoms with Crippen molar-refractivity contribution < 1.29 is 26.7 Å². The fourth-order valence-corrected chi connectivity index (χ4v) is 1.89. The van der Waals surface area contributed by atoms with E-state index >= 15 is 0 Å². The molecule has 1 aromatic carbocycles. The van der Waals surface area contributed by atoms with Crippen LogP contribution in [0.3, 0.4) is 0 Å². The van der Waals surface area contributed by atoms with Crippen LogP contribution in [0, 0.1) is 29.1 Å². The van der Waals surface area contributed by atoms with E-state index in [1.807, 2.05) is 0 Å². The Bertz CT molecular complexity index is 720. The van der Waals surface area contributed by atoms with E-state index in [-0.39, 0.29) is 0 Å². The molecule has 0 saturated heterocycles. The lowest BCUT2D eigenvalue weighted by atomic mass is 10.2. The van der Waals surface area contributed by atoms with E-state index in [0.29, 0.717) is 4.47 Å². The SMILES string of the molecule is CC(C(=O)Nc1c(F)c(F)c(F)c(F)c1F)n1cc(Br)cn1. The van der Waals surface area contributed by atoms with Crippen LogP contribution < -0.4 is 5.32 Å². The molecule has 1 unspecified atom stereocenters. The van der Waals surface area contributed by atoms with Gasteiger partial charge in [-0.15, -0.1) is 0 Å². The zero-order valence-electron chi connectivity index (χ0n) is 10.8. The molecule has 0 aliphatic carbocycles. The van der Waals surface area contributed by atoms with E-state index in [4.69, 9.17) is 0 Å². The first kappa shape index (κ1) is 16.4. The summed E-state index contributed by atoms with van der Waals surface area (Å²) in [7, 11) is 0. The number of nitrogens with one attached hydrogen (secondary N) is 1. The number of nitrogens with zero attached hydrogens (tertiary/aromatic N) is 2. The average Bonchev–Trinajstić information content (AvgIpc) is 2.93. The smallest absolute Gasteiger partial charge is 0.249 e. The summed E-state index contributed by atoms with van der Waals surface area (Å²) < 4.78 is 67.6. The van der Waals surface area contributed by atoms with Gasteiger partial charge in [-0.3, -0.25) is 9.48 Å². The molecule has 1 amide bonds. The summed E-state index contributed by atoms with van der Waals surface area (Å²) in [6.45, 7) is 1.33. The van der Waals surface area contributed by atoms with Crippen molar-refractivity contribution in [2.24, 2.45) is 0 Å². The van der Waals surface area contributed by atoms with E-state index in [0.717, 1.165) is 4.68 Å². The molecule has 2 rings (SSSR count). The van der Waals surface area contributed by atoms with E-state index < -0.39 is 46.7 Å². The zero-order chi connectivity index (χ0) is 16.6. The second-order valence-electron chi connectivity index (χ2n) is 4.25. The van der Waals surface area contributed by atoms with Crippen LogP contribution in [0.25, 0.3) is 0 Å². The number of amides is 1. The first-order valence-electron chi connectivity index (χ1n) is 5.76. The van der Waals surface area contributed by atoms with Crippen molar-refractivity contribution in [1.29, 1.82) is 0 Å². The molecule has 2 aromatic rings. The number of carbonyl (C=O) groups excluding carboxylic acids is 1. The lowest BCUT2D eigenvalue weighted by Crippen LogP contribution is -2.25. The maximum absolute atomic E-state index is 13.5. The van der Waals surface area contributed by atoms with Gasteiger partial charge in [0.05, 0.1) is 10.7 Å². The number of hydrogen-bond donors (Lipinski definition) is 1. The molecule has 1 aromatic heterocycles. The van der Waals surface area contributed by atoms with Crippen molar-refractivity contribution in [3.05, 3.63) is 46.0 Å². The summed E-state index contributed by atoms with van der Waals surface area (Å²) in [6.07, 6.45) is 2.77. The molecule has 118 valence electrons. The number of benzene rings is 1. The Morgan fingerprint density at radius 2 is 1.64 bits per heavy atom. The molecule has 1 atom stereocenters. The largest absolute Gasteiger partial charge is 0.319 e. The standard InChI is InChI=1S/C12H7BrF5N3O/c1-4(21-3-5(13)2-19-21)12(22)20-11-9(17)7(15)6(14)8(16)10(11)18/h2-4H,1H3,(H,20,22). The minimum absolute atomic E-state index is 0.545. The van der Waals surface area contributed by atoms with Crippen LogP contribution >= 0.6 is 15.9 Å². The third kappa shape index (κ3) is 2.82. The Morgan fingerprint density at radius 1 is 1.14 bits per heavy atom. The third-order valence-electron chi connectivity index (χ3n) is 2.80. The highest BCUT2D eigenvalue weighted by atomic mass is 79.9. The molecule has 1 heterocycles. The maximum atomic E-state index is 13.5. The lowest BCUT2D eigenvalue weighted by Gasteiger charge is -2.14. The first-order valence-corrected chi connectivity index (χ1v) is 6.55. The molecule has 10 heteroatoms. The Labute approximate surface area is 129 Å². The molecule has 0 fully saturated rings. The summed E-state index contributed by atoms with van der Waals surface area (Å²) in [5.41, 5.74) is -1.40. The number of carbonyl (C=O) groups is 1. The topological polar surface area (TPSA) is 46.9 Å². The van der Waals surface area contributed by atoms with E-state index in [9.17, 15) is 26.7 Å². The predicted octanol–water partition coefficient (Wildman–Crippen LogP) is 3.54. The molecule has 0 aliphatic heterocycles. The molecule has 0 bridgehead atoms. The number of aromatic nitrogens is 2. The summed E-state index contributed by atoms with van der Waals surface area (Å²) in [6, 6.07) is -1.04. The molecule has 0 spiro atoms. The van der Waals surface area contributed by atoms with Crippen LogP contribution in [-0.2, 0) is 4.79 Å². The summed E-state index contributed by atoms with van der Waals surface area (Å²) >= 11 is 3.09. The normalized spacial score (nSPS) is 12.3. The molecule has 0 saturated carbocycles. The van der Waals surface area contributed by atoms with E-state index in [1.54, 1.807) is 5.32 Å². The van der Waals surface area contributed by atoms with Gasteiger partial charge in [0, 0.05) is 6.20 Å². The Balaban J connectivity index is 2.33. The lowest BCUT2D eigenvalue weighted by molar-refractivity contribution is -0.119. The van der Waals surface area contributed by atoms with Gasteiger partial charge in [0.25, 0.3) is 0 Å². The van der Waals surface area contributed by atoms with Crippen molar-refractivity contribution in [2.75, 3.05) is 5.32 Å². The van der Waals surface area contributed by atoms with Crippen molar-refractivity contribution in [2.45, 2.75) is 13.0 Å². The second-order valence-corrected chi connectivity index (χ2v) is 5.16. The molecule has 22 heavy (non-hydrogen) atoms. The van der Waals surface area contributed by atoms with Crippen LogP contribution in [0.4, 0.5) is 27.6 Å². The third-order valence-corrected chi connectivity index (χ3v) is 3.21. The van der Waals surface area contributed by atoms with Crippen molar-refractivity contribution in [1.82, 2.24) is 9.78 Å². The number of hydrogen-bond acceptors (Lipinski definition) is 2. The Kier molecular flexibility index (Phi) is 4.50. The highest BCUT2D eigenvalue weighted by molar-refractivity contribution is 9.10. The van der Waals surface area contributed by atoms with Crippen LogP contribution in [0.1, 0.15) is 13.0 Å². The monoisotopic (exact) mass is 383 g/mol. The zero-order valence-corrected chi connectivity index (χ0v) is 12.4. The van der Waals surface area contributed by atoms with Gasteiger partial charge in [0.1, 0.15) is 11.7 Å². The predicted molar refractivity (Wildman–Crippen MR) is 69.5 cm³/mol. The highest BCUT2D eigenvalue weighted by Crippen LogP contribution is 2.27. The summed E-state index contributed by atoms with van der Waals surface area (Å²) in [5.74, 6) is -11.8. The van der Waals surface area contributed by atoms with Crippen molar-refractivity contribution in [3.8, 4) is 0 Å². The Morgan fingerprint density at radius 3 is 2.09 bits per heavy atom. The molecular weight excluding hydrogens is 377 g/mol. The molecule has 4 nitrogen and oxygen atoms in total. The minimum atomic E-state index is -2.29. The van der Waals surface area contributed by atoms with Crippen LogP contribution in [0.15, 0.2) is 16.9 Å². The number of rotatable bonds is 3. The van der Waals surface area contributed by atoms with Gasteiger partial charge >= 0.3 is 0 Å². The summed E-state index contributed by atoms with van der Waals surface area (Å²) in [4.78, 5) is 11.9. The number of halogens is 6. The van der Waals surface area contributed by atoms with Crippen LogP contribution in [-0.4, -0.2) is 15.7 Å². The molecular formula is C12H7BrF5N3O. The van der Waals surface area contributed by atoms with Gasteiger partial charge in [-0.25, -0.2) is 22.0 Å². The maximum Gasteiger partial charge on any atom is 0.249 e. The first-order chi connectivity index (χ1) is 10.2. The quantitative estimate of drug-likeness (QED) is 0.500. The molecule has 0 radical (unpaired) electrons. The van der Waals surface area contributed by atoms with Gasteiger partial charge < -0.3 is 5.32 Å². The summed E-state index contributed by atoms with van der Waals surface area (Å²) in [5, 5.41) is 5.47. The van der Waals surface area contributed by atoms with Crippen molar-refractivity contribution >= 4 is 27.5 Å². The molecule has 0 aliphatic rings. The van der Waals surface area contributed by atoms with Gasteiger partial charge in [-0.1, -0.05) is 0 Å². The fourth-order valence-electron chi connectivity index (χ4n) is 1.59.